The molecule has 180 valence electrons. The van der Waals surface area contributed by atoms with Gasteiger partial charge in [0.15, 0.2) is 11.5 Å². The number of alkyl halides is 3. The normalized spacial score (nSPS) is 11.2. The Morgan fingerprint density at radius 3 is 2.34 bits per heavy atom. The fourth-order valence-corrected chi connectivity index (χ4v) is 3.32. The number of hydrogen-bond donors (Lipinski definition) is 1. The van der Waals surface area contributed by atoms with E-state index >= 15 is 0 Å². The minimum atomic E-state index is -4.87. The van der Waals surface area contributed by atoms with Crippen molar-refractivity contribution in [3.8, 4) is 17.4 Å². The monoisotopic (exact) mass is 483 g/mol. The standard InChI is InChI=1S/C24H20F3N5O3/c1-34-21-12-11-20(30-31-21)32-22(24(25,26)27)19(14-29-32)23(33)28-13-16-7-5-6-8-17(16)15-35-18-9-3-2-4-10-18/h2-12,14H,13,15H2,1H3,(H,28,33). The lowest BCUT2D eigenvalue weighted by molar-refractivity contribution is -0.143. The van der Waals surface area contributed by atoms with Crippen LogP contribution in [0.15, 0.2) is 72.9 Å². The fraction of sp³-hybridized carbons (Fsp3) is 0.167. The summed E-state index contributed by atoms with van der Waals surface area (Å²) in [6.45, 7) is 0.232. The summed E-state index contributed by atoms with van der Waals surface area (Å²) in [6.07, 6.45) is -4.01. The lowest BCUT2D eigenvalue weighted by Crippen LogP contribution is -2.27. The number of benzene rings is 2. The number of halogens is 3. The molecule has 0 bridgehead atoms. The summed E-state index contributed by atoms with van der Waals surface area (Å²) in [5.41, 5.74) is -0.390. The SMILES string of the molecule is COc1ccc(-n2ncc(C(=O)NCc3ccccc3COc3ccccc3)c2C(F)(F)F)nn1. The van der Waals surface area contributed by atoms with E-state index in [0.717, 1.165) is 11.8 Å². The van der Waals surface area contributed by atoms with Crippen molar-refractivity contribution in [2.45, 2.75) is 19.3 Å². The highest BCUT2D eigenvalue weighted by Gasteiger charge is 2.41. The number of aromatic nitrogens is 4. The second kappa shape index (κ2) is 10.2. The number of nitrogens with zero attached hydrogens (tertiary/aromatic N) is 4. The third kappa shape index (κ3) is 5.57. The van der Waals surface area contributed by atoms with Crippen molar-refractivity contribution in [1.82, 2.24) is 25.3 Å². The van der Waals surface area contributed by atoms with Gasteiger partial charge in [0.25, 0.3) is 5.91 Å². The van der Waals surface area contributed by atoms with E-state index < -0.39 is 23.3 Å². The zero-order chi connectivity index (χ0) is 24.8. The Morgan fingerprint density at radius 1 is 0.971 bits per heavy atom. The van der Waals surface area contributed by atoms with Crippen molar-refractivity contribution in [3.63, 3.8) is 0 Å². The molecular formula is C24H20F3N5O3. The van der Waals surface area contributed by atoms with Crippen molar-refractivity contribution in [1.29, 1.82) is 0 Å². The molecule has 0 aliphatic carbocycles. The van der Waals surface area contributed by atoms with Crippen LogP contribution in [-0.4, -0.2) is 33.0 Å². The van der Waals surface area contributed by atoms with E-state index in [2.05, 4.69) is 20.6 Å². The maximum atomic E-state index is 13.9. The number of amides is 1. The summed E-state index contributed by atoms with van der Waals surface area (Å²) in [4.78, 5) is 12.8. The molecule has 0 aliphatic heterocycles. The zero-order valence-electron chi connectivity index (χ0n) is 18.5. The quantitative estimate of drug-likeness (QED) is 0.404. The molecule has 0 atom stereocenters. The van der Waals surface area contributed by atoms with Crippen LogP contribution in [0.1, 0.15) is 27.2 Å². The smallest absolute Gasteiger partial charge is 0.434 e. The largest absolute Gasteiger partial charge is 0.489 e. The Bertz CT molecular complexity index is 1290. The Morgan fingerprint density at radius 2 is 1.69 bits per heavy atom. The Labute approximate surface area is 198 Å². The van der Waals surface area contributed by atoms with Gasteiger partial charge in [0.2, 0.25) is 5.88 Å². The first kappa shape index (κ1) is 23.7. The van der Waals surface area contributed by atoms with E-state index in [9.17, 15) is 18.0 Å². The zero-order valence-corrected chi connectivity index (χ0v) is 18.5. The lowest BCUT2D eigenvalue weighted by atomic mass is 10.1. The average Bonchev–Trinajstić information content (AvgIpc) is 3.33. The van der Waals surface area contributed by atoms with Crippen LogP contribution in [-0.2, 0) is 19.3 Å². The van der Waals surface area contributed by atoms with Crippen molar-refractivity contribution < 1.29 is 27.4 Å². The Kier molecular flexibility index (Phi) is 6.95. The minimum absolute atomic E-state index is 0.00201. The third-order valence-corrected chi connectivity index (χ3v) is 5.03. The Hall–Kier alpha value is -4.41. The van der Waals surface area contributed by atoms with E-state index in [1.54, 1.807) is 12.1 Å². The van der Waals surface area contributed by atoms with Gasteiger partial charge in [-0.25, -0.2) is 4.68 Å². The van der Waals surface area contributed by atoms with Gasteiger partial charge >= 0.3 is 6.18 Å². The van der Waals surface area contributed by atoms with Crippen molar-refractivity contribution >= 4 is 5.91 Å². The van der Waals surface area contributed by atoms with Crippen LogP contribution in [0.5, 0.6) is 11.6 Å². The summed E-state index contributed by atoms with van der Waals surface area (Å²) in [5, 5.41) is 13.6. The first-order valence-corrected chi connectivity index (χ1v) is 10.4. The molecule has 4 aromatic rings. The van der Waals surface area contributed by atoms with Gasteiger partial charge in [-0.1, -0.05) is 42.5 Å². The fourth-order valence-electron chi connectivity index (χ4n) is 3.32. The van der Waals surface area contributed by atoms with E-state index in [4.69, 9.17) is 9.47 Å². The van der Waals surface area contributed by atoms with E-state index in [-0.39, 0.29) is 24.8 Å². The molecule has 2 aromatic carbocycles. The summed E-state index contributed by atoms with van der Waals surface area (Å²) in [7, 11) is 1.35. The summed E-state index contributed by atoms with van der Waals surface area (Å²) < 4.78 is 52.8. The van der Waals surface area contributed by atoms with Gasteiger partial charge in [-0.15, -0.1) is 10.2 Å². The molecule has 0 fully saturated rings. The van der Waals surface area contributed by atoms with Crippen LogP contribution < -0.4 is 14.8 Å². The molecule has 8 nitrogen and oxygen atoms in total. The third-order valence-electron chi connectivity index (χ3n) is 5.03. The number of para-hydroxylation sites is 1. The van der Waals surface area contributed by atoms with Gasteiger partial charge < -0.3 is 14.8 Å². The highest BCUT2D eigenvalue weighted by Crippen LogP contribution is 2.33. The number of methoxy groups -OCH3 is 1. The van der Waals surface area contributed by atoms with Crippen LogP contribution in [0.2, 0.25) is 0 Å². The molecule has 2 aromatic heterocycles. The number of nitrogens with one attached hydrogen (secondary N) is 1. The molecule has 0 spiro atoms. The van der Waals surface area contributed by atoms with Crippen molar-refractivity contribution in [2.24, 2.45) is 0 Å². The molecule has 0 aliphatic rings. The second-order valence-corrected chi connectivity index (χ2v) is 7.30. The summed E-state index contributed by atoms with van der Waals surface area (Å²) in [6, 6.07) is 19.0. The van der Waals surface area contributed by atoms with Gasteiger partial charge in [-0.3, -0.25) is 4.79 Å². The molecular weight excluding hydrogens is 463 g/mol. The lowest BCUT2D eigenvalue weighted by Gasteiger charge is -2.14. The molecule has 35 heavy (non-hydrogen) atoms. The minimum Gasteiger partial charge on any atom is -0.489 e. The molecule has 1 N–H and O–H groups in total. The van der Waals surface area contributed by atoms with Gasteiger partial charge in [0.05, 0.1) is 18.9 Å². The number of ether oxygens (including phenoxy) is 2. The summed E-state index contributed by atoms with van der Waals surface area (Å²) >= 11 is 0. The van der Waals surface area contributed by atoms with Gasteiger partial charge in [-0.2, -0.15) is 18.3 Å². The maximum Gasteiger partial charge on any atom is 0.434 e. The predicted molar refractivity (Wildman–Crippen MR) is 119 cm³/mol. The molecule has 11 heteroatoms. The second-order valence-electron chi connectivity index (χ2n) is 7.30. The van der Waals surface area contributed by atoms with Crippen LogP contribution in [0.25, 0.3) is 5.82 Å². The van der Waals surface area contributed by atoms with Gasteiger partial charge in [0.1, 0.15) is 12.4 Å². The highest BCUT2D eigenvalue weighted by molar-refractivity contribution is 5.95. The summed E-state index contributed by atoms with van der Waals surface area (Å²) in [5.74, 6) is -0.332. The predicted octanol–water partition coefficient (Wildman–Crippen LogP) is 4.20. The van der Waals surface area contributed by atoms with Gasteiger partial charge in [0, 0.05) is 12.6 Å². The maximum absolute atomic E-state index is 13.9. The molecule has 0 saturated heterocycles. The van der Waals surface area contributed by atoms with Crippen molar-refractivity contribution in [2.75, 3.05) is 7.11 Å². The number of carbonyl (C=O) groups excluding carboxylic acids is 1. The van der Waals surface area contributed by atoms with Crippen LogP contribution in [0.4, 0.5) is 13.2 Å². The average molecular weight is 483 g/mol. The van der Waals surface area contributed by atoms with Crippen LogP contribution in [0, 0.1) is 0 Å². The molecule has 0 saturated carbocycles. The van der Waals surface area contributed by atoms with Crippen molar-refractivity contribution in [3.05, 3.63) is 95.3 Å². The topological polar surface area (TPSA) is 91.2 Å². The molecule has 0 radical (unpaired) electrons. The van der Waals surface area contributed by atoms with Crippen LogP contribution >= 0.6 is 0 Å². The first-order valence-electron chi connectivity index (χ1n) is 10.4. The molecule has 4 rings (SSSR count). The van der Waals surface area contributed by atoms with E-state index in [1.165, 1.54) is 19.2 Å². The molecule has 1 amide bonds. The molecule has 0 unspecified atom stereocenters. The van der Waals surface area contributed by atoms with E-state index in [0.29, 0.717) is 16.0 Å². The molecule has 2 heterocycles. The van der Waals surface area contributed by atoms with Gasteiger partial charge in [-0.05, 0) is 29.3 Å². The number of rotatable bonds is 8. The number of carbonyl (C=O) groups is 1. The van der Waals surface area contributed by atoms with E-state index in [1.807, 2.05) is 42.5 Å². The number of hydrogen-bond acceptors (Lipinski definition) is 6. The van der Waals surface area contributed by atoms with Crippen LogP contribution in [0.3, 0.4) is 0 Å². The Balaban J connectivity index is 1.52. The first-order chi connectivity index (χ1) is 16.9. The highest BCUT2D eigenvalue weighted by atomic mass is 19.4.